The highest BCUT2D eigenvalue weighted by molar-refractivity contribution is 5.99. The number of hydrogen-bond donors (Lipinski definition) is 1. The highest BCUT2D eigenvalue weighted by Crippen LogP contribution is 2.40. The van der Waals surface area contributed by atoms with E-state index in [4.69, 9.17) is 9.47 Å². The summed E-state index contributed by atoms with van der Waals surface area (Å²) in [5.74, 6) is 0.816. The van der Waals surface area contributed by atoms with Gasteiger partial charge in [-0.2, -0.15) is 0 Å². The summed E-state index contributed by atoms with van der Waals surface area (Å²) in [6, 6.07) is 22.2. The van der Waals surface area contributed by atoms with Gasteiger partial charge in [0.15, 0.2) is 6.10 Å². The quantitative estimate of drug-likeness (QED) is 0.250. The van der Waals surface area contributed by atoms with Crippen molar-refractivity contribution in [3.63, 3.8) is 0 Å². The van der Waals surface area contributed by atoms with Crippen LogP contribution in [0.3, 0.4) is 0 Å². The Labute approximate surface area is 229 Å². The predicted octanol–water partition coefficient (Wildman–Crippen LogP) is 6.62. The zero-order valence-electron chi connectivity index (χ0n) is 23.3. The Morgan fingerprint density at radius 3 is 2.51 bits per heavy atom. The van der Waals surface area contributed by atoms with Crippen LogP contribution in [0.4, 0.5) is 0 Å². The number of nitrogens with one attached hydrogen (secondary N) is 1. The van der Waals surface area contributed by atoms with Gasteiger partial charge in [0.2, 0.25) is 0 Å². The van der Waals surface area contributed by atoms with Crippen LogP contribution in [-0.4, -0.2) is 29.7 Å². The molecule has 3 aromatic carbocycles. The molecule has 6 heteroatoms. The number of aryl methyl sites for hydroxylation is 1. The lowest BCUT2D eigenvalue weighted by Gasteiger charge is -2.16. The van der Waals surface area contributed by atoms with Crippen LogP contribution in [0.5, 0.6) is 5.75 Å². The number of benzene rings is 3. The van der Waals surface area contributed by atoms with Gasteiger partial charge in [0.25, 0.3) is 5.91 Å². The summed E-state index contributed by atoms with van der Waals surface area (Å²) >= 11 is 0. The fraction of sp³-hybridized carbons (Fsp3) is 0.333. The second-order valence-corrected chi connectivity index (χ2v) is 10.6. The van der Waals surface area contributed by atoms with E-state index in [1.165, 1.54) is 25.5 Å². The van der Waals surface area contributed by atoms with E-state index in [0.29, 0.717) is 23.8 Å². The first kappa shape index (κ1) is 26.5. The van der Waals surface area contributed by atoms with E-state index in [9.17, 15) is 9.59 Å². The number of ether oxygens (including phenoxy) is 2. The molecule has 1 N–H and O–H groups in total. The predicted molar refractivity (Wildman–Crippen MR) is 153 cm³/mol. The molecule has 1 fully saturated rings. The number of methoxy groups -OCH3 is 1. The van der Waals surface area contributed by atoms with Crippen LogP contribution < -0.4 is 10.1 Å². The first-order valence-corrected chi connectivity index (χ1v) is 13.6. The molecule has 1 aliphatic rings. The van der Waals surface area contributed by atoms with Crippen molar-refractivity contribution in [3.8, 4) is 5.75 Å². The maximum atomic E-state index is 13.2. The van der Waals surface area contributed by atoms with Gasteiger partial charge in [0.05, 0.1) is 13.2 Å². The average molecular weight is 525 g/mol. The Hall–Kier alpha value is -4.06. The van der Waals surface area contributed by atoms with Gasteiger partial charge < -0.3 is 19.4 Å². The molecule has 4 aromatic rings. The fourth-order valence-electron chi connectivity index (χ4n) is 5.17. The van der Waals surface area contributed by atoms with Gasteiger partial charge in [-0.25, -0.2) is 4.79 Å². The molecule has 0 radical (unpaired) electrons. The van der Waals surface area contributed by atoms with Crippen molar-refractivity contribution < 1.29 is 19.1 Å². The first-order valence-electron chi connectivity index (χ1n) is 13.6. The number of carbonyl (C=O) groups excluding carboxylic acids is 2. The summed E-state index contributed by atoms with van der Waals surface area (Å²) in [5, 5.41) is 4.25. The van der Waals surface area contributed by atoms with E-state index in [-0.39, 0.29) is 11.9 Å². The molecule has 1 aliphatic carbocycles. The standard InChI is InChI=1S/C33H36N2O4/c1-20-22(3)35(19-24-8-6-11-29(16-24)39-23(4)33(37)38-5)31-15-14-28(18-30(20)31)32(36)34-21(2)26-9-7-10-27(17-26)25-12-13-25/h6-11,14-18,21,23,25H,12-13,19H2,1-5H3,(H,34,36)/t21-,23-/m0/s1. The second kappa shape index (κ2) is 11.0. The van der Waals surface area contributed by atoms with Crippen LogP contribution in [-0.2, 0) is 16.1 Å². The number of hydrogen-bond acceptors (Lipinski definition) is 4. The third kappa shape index (κ3) is 5.70. The number of rotatable bonds is 9. The van der Waals surface area contributed by atoms with Gasteiger partial charge in [-0.05, 0) is 99.0 Å². The minimum absolute atomic E-state index is 0.0734. The molecular formula is C33H36N2O4. The summed E-state index contributed by atoms with van der Waals surface area (Å²) in [6.07, 6.45) is 1.84. The fourth-order valence-corrected chi connectivity index (χ4v) is 5.17. The number of amides is 1. The molecule has 0 aliphatic heterocycles. The van der Waals surface area contributed by atoms with E-state index in [2.05, 4.69) is 48.0 Å². The molecule has 1 saturated carbocycles. The van der Waals surface area contributed by atoms with E-state index in [1.807, 2.05) is 49.4 Å². The molecule has 1 amide bonds. The van der Waals surface area contributed by atoms with Gasteiger partial charge in [-0.15, -0.1) is 0 Å². The summed E-state index contributed by atoms with van der Waals surface area (Å²) in [6.45, 7) is 8.55. The van der Waals surface area contributed by atoms with Crippen LogP contribution in [0.1, 0.15) is 77.0 Å². The molecule has 0 saturated heterocycles. The van der Waals surface area contributed by atoms with Gasteiger partial charge in [-0.1, -0.05) is 36.4 Å². The summed E-state index contributed by atoms with van der Waals surface area (Å²) in [5.41, 5.74) is 7.57. The third-order valence-electron chi connectivity index (χ3n) is 7.79. The SMILES string of the molecule is COC(=O)[C@H](C)Oc1cccc(Cn2c(C)c(C)c3cc(C(=O)N[C@@H](C)c4cccc(C5CC5)c4)ccc32)c1. The lowest BCUT2D eigenvalue weighted by Crippen LogP contribution is -2.26. The summed E-state index contributed by atoms with van der Waals surface area (Å²) < 4.78 is 12.8. The largest absolute Gasteiger partial charge is 0.479 e. The minimum Gasteiger partial charge on any atom is -0.479 e. The normalized spacial score (nSPS) is 14.6. The topological polar surface area (TPSA) is 69.6 Å². The minimum atomic E-state index is -0.684. The molecular weight excluding hydrogens is 488 g/mol. The third-order valence-corrected chi connectivity index (χ3v) is 7.79. The molecule has 1 heterocycles. The second-order valence-electron chi connectivity index (χ2n) is 10.6. The number of esters is 1. The Bertz CT molecular complexity index is 1530. The lowest BCUT2D eigenvalue weighted by atomic mass is 10.0. The van der Waals surface area contributed by atoms with Gasteiger partial charge in [-0.3, -0.25) is 4.79 Å². The van der Waals surface area contributed by atoms with Crippen molar-refractivity contribution in [1.82, 2.24) is 9.88 Å². The number of carbonyl (C=O) groups is 2. The zero-order chi connectivity index (χ0) is 27.7. The monoisotopic (exact) mass is 524 g/mol. The maximum Gasteiger partial charge on any atom is 0.346 e. The van der Waals surface area contributed by atoms with E-state index in [1.54, 1.807) is 6.92 Å². The Morgan fingerprint density at radius 1 is 1.00 bits per heavy atom. The molecule has 2 atom stereocenters. The van der Waals surface area contributed by atoms with Crippen LogP contribution >= 0.6 is 0 Å². The van der Waals surface area contributed by atoms with Gasteiger partial charge in [0, 0.05) is 28.7 Å². The Balaban J connectivity index is 1.34. The Kier molecular flexibility index (Phi) is 7.47. The summed E-state index contributed by atoms with van der Waals surface area (Å²) in [4.78, 5) is 25.0. The lowest BCUT2D eigenvalue weighted by molar-refractivity contribution is -0.147. The molecule has 0 bridgehead atoms. The van der Waals surface area contributed by atoms with Crippen molar-refractivity contribution in [2.24, 2.45) is 0 Å². The molecule has 0 unspecified atom stereocenters. The maximum absolute atomic E-state index is 13.2. The molecule has 5 rings (SSSR count). The average Bonchev–Trinajstić information content (AvgIpc) is 3.77. The zero-order valence-corrected chi connectivity index (χ0v) is 23.3. The molecule has 39 heavy (non-hydrogen) atoms. The van der Waals surface area contributed by atoms with Crippen LogP contribution in [0.2, 0.25) is 0 Å². The number of nitrogens with zero attached hydrogens (tertiary/aromatic N) is 1. The van der Waals surface area contributed by atoms with Crippen molar-refractivity contribution >= 4 is 22.8 Å². The van der Waals surface area contributed by atoms with Crippen LogP contribution in [0.25, 0.3) is 10.9 Å². The van der Waals surface area contributed by atoms with E-state index >= 15 is 0 Å². The van der Waals surface area contributed by atoms with Crippen molar-refractivity contribution in [2.75, 3.05) is 7.11 Å². The highest BCUT2D eigenvalue weighted by Gasteiger charge is 2.24. The number of fused-ring (bicyclic) bond motifs is 1. The van der Waals surface area contributed by atoms with Gasteiger partial charge >= 0.3 is 5.97 Å². The van der Waals surface area contributed by atoms with Crippen LogP contribution in [0.15, 0.2) is 66.7 Å². The van der Waals surface area contributed by atoms with E-state index in [0.717, 1.165) is 33.3 Å². The number of aromatic nitrogens is 1. The molecule has 1 aromatic heterocycles. The first-order chi connectivity index (χ1) is 18.7. The highest BCUT2D eigenvalue weighted by atomic mass is 16.6. The molecule has 6 nitrogen and oxygen atoms in total. The van der Waals surface area contributed by atoms with Crippen molar-refractivity contribution in [3.05, 3.63) is 100 Å². The molecule has 0 spiro atoms. The van der Waals surface area contributed by atoms with Crippen LogP contribution in [0, 0.1) is 13.8 Å². The van der Waals surface area contributed by atoms with Crippen molar-refractivity contribution in [1.29, 1.82) is 0 Å². The molecule has 202 valence electrons. The van der Waals surface area contributed by atoms with Crippen molar-refractivity contribution in [2.45, 2.75) is 65.1 Å². The smallest absolute Gasteiger partial charge is 0.346 e. The Morgan fingerprint density at radius 2 is 1.77 bits per heavy atom. The van der Waals surface area contributed by atoms with E-state index < -0.39 is 12.1 Å². The van der Waals surface area contributed by atoms with Gasteiger partial charge in [0.1, 0.15) is 5.75 Å². The summed E-state index contributed by atoms with van der Waals surface area (Å²) in [7, 11) is 1.35.